The third-order valence-corrected chi connectivity index (χ3v) is 2.30. The molecule has 0 aliphatic heterocycles. The fourth-order valence-electron chi connectivity index (χ4n) is 1.18. The van der Waals surface area contributed by atoms with Crippen LogP contribution in [0.2, 0.25) is 5.02 Å². The van der Waals surface area contributed by atoms with Gasteiger partial charge in [0, 0.05) is 5.02 Å². The molecule has 0 aromatic heterocycles. The maximum Gasteiger partial charge on any atom is 0.246 e. The molecule has 1 rings (SSSR count). The van der Waals surface area contributed by atoms with Gasteiger partial charge in [0.05, 0.1) is 6.61 Å². The molecule has 3 nitrogen and oxygen atoms in total. The Morgan fingerprint density at radius 2 is 2.07 bits per heavy atom. The molecule has 1 aromatic carbocycles. The van der Waals surface area contributed by atoms with Crippen molar-refractivity contribution in [3.63, 3.8) is 0 Å². The van der Waals surface area contributed by atoms with Gasteiger partial charge < -0.3 is 10.5 Å². The van der Waals surface area contributed by atoms with Crippen LogP contribution in [0.3, 0.4) is 0 Å². The Bertz CT molecular complexity index is 324. The van der Waals surface area contributed by atoms with Crippen LogP contribution in [-0.4, -0.2) is 12.0 Å². The van der Waals surface area contributed by atoms with E-state index < -0.39 is 12.0 Å². The van der Waals surface area contributed by atoms with E-state index >= 15 is 0 Å². The lowest BCUT2D eigenvalue weighted by Gasteiger charge is -2.12. The van der Waals surface area contributed by atoms with Crippen molar-refractivity contribution in [1.82, 2.24) is 0 Å². The average Bonchev–Trinajstić information content (AvgIpc) is 2.21. The third-order valence-electron chi connectivity index (χ3n) is 2.05. The number of nitrogens with two attached hydrogens (primary N) is 1. The molecule has 1 aromatic rings. The molecular formula is C11H14ClNO2. The molecule has 0 bridgehead atoms. The second-order valence-corrected chi connectivity index (χ2v) is 3.67. The summed E-state index contributed by atoms with van der Waals surface area (Å²) in [6.07, 6.45) is 0.0730. The number of halogens is 1. The fraction of sp³-hybridized carbons (Fsp3) is 0.364. The number of benzene rings is 1. The molecule has 0 saturated heterocycles. The Hall–Kier alpha value is -1.06. The molecule has 0 saturated carbocycles. The minimum atomic E-state index is -0.513. The summed E-state index contributed by atoms with van der Waals surface area (Å²) in [5.41, 5.74) is 6.12. The molecule has 0 heterocycles. The molecule has 1 atom stereocenters. The Balaban J connectivity index is 2.49. The zero-order valence-corrected chi connectivity index (χ0v) is 9.33. The van der Waals surface area contributed by atoms with Gasteiger partial charge in [-0.25, -0.2) is 0 Å². The van der Waals surface area contributed by atoms with Crippen molar-refractivity contribution in [2.45, 2.75) is 26.1 Å². The summed E-state index contributed by atoms with van der Waals surface area (Å²) in [5.74, 6) is -0.425. The van der Waals surface area contributed by atoms with E-state index in [1.807, 2.05) is 19.1 Å². The van der Waals surface area contributed by atoms with Crippen LogP contribution >= 0.6 is 11.6 Å². The fourth-order valence-corrected chi connectivity index (χ4v) is 1.30. The van der Waals surface area contributed by atoms with Crippen molar-refractivity contribution in [3.8, 4) is 0 Å². The van der Waals surface area contributed by atoms with Crippen LogP contribution in [0.5, 0.6) is 0 Å². The van der Waals surface area contributed by atoms with E-state index in [9.17, 15) is 4.79 Å². The van der Waals surface area contributed by atoms with E-state index in [1.54, 1.807) is 12.1 Å². The van der Waals surface area contributed by atoms with Crippen LogP contribution in [0, 0.1) is 0 Å². The Labute approximate surface area is 94.2 Å². The lowest BCUT2D eigenvalue weighted by atomic mass is 10.2. The number of amides is 1. The minimum Gasteiger partial charge on any atom is -0.367 e. The predicted octanol–water partition coefficient (Wildman–Crippen LogP) is 2.12. The van der Waals surface area contributed by atoms with Gasteiger partial charge in [-0.15, -0.1) is 0 Å². The first-order valence-corrected chi connectivity index (χ1v) is 5.16. The molecule has 82 valence electrons. The Morgan fingerprint density at radius 1 is 1.47 bits per heavy atom. The van der Waals surface area contributed by atoms with E-state index in [1.165, 1.54) is 0 Å². The average molecular weight is 228 g/mol. The summed E-state index contributed by atoms with van der Waals surface area (Å²) in [6.45, 7) is 2.23. The monoisotopic (exact) mass is 227 g/mol. The molecule has 0 spiro atoms. The highest BCUT2D eigenvalue weighted by Crippen LogP contribution is 2.11. The Kier molecular flexibility index (Phi) is 4.59. The summed E-state index contributed by atoms with van der Waals surface area (Å²) in [6, 6.07) is 7.28. The molecule has 1 amide bonds. The van der Waals surface area contributed by atoms with E-state index in [0.29, 0.717) is 18.1 Å². The Morgan fingerprint density at radius 3 is 2.53 bits per heavy atom. The predicted molar refractivity (Wildman–Crippen MR) is 59.5 cm³/mol. The summed E-state index contributed by atoms with van der Waals surface area (Å²) in [4.78, 5) is 10.9. The summed E-state index contributed by atoms with van der Waals surface area (Å²) < 4.78 is 5.36. The van der Waals surface area contributed by atoms with E-state index in [2.05, 4.69) is 0 Å². The van der Waals surface area contributed by atoms with Gasteiger partial charge in [0.2, 0.25) is 5.91 Å². The first-order valence-electron chi connectivity index (χ1n) is 4.79. The first-order chi connectivity index (χ1) is 7.13. The number of carbonyl (C=O) groups is 1. The highest BCUT2D eigenvalue weighted by Gasteiger charge is 2.12. The van der Waals surface area contributed by atoms with Crippen molar-refractivity contribution in [3.05, 3.63) is 34.9 Å². The quantitative estimate of drug-likeness (QED) is 0.838. The van der Waals surface area contributed by atoms with E-state index in [0.717, 1.165) is 5.56 Å². The second kappa shape index (κ2) is 5.73. The van der Waals surface area contributed by atoms with Crippen LogP contribution < -0.4 is 5.73 Å². The van der Waals surface area contributed by atoms with Crippen molar-refractivity contribution < 1.29 is 9.53 Å². The topological polar surface area (TPSA) is 52.3 Å². The third kappa shape index (κ3) is 3.90. The van der Waals surface area contributed by atoms with Gasteiger partial charge >= 0.3 is 0 Å². The molecule has 4 heteroatoms. The lowest BCUT2D eigenvalue weighted by Crippen LogP contribution is -2.30. The minimum absolute atomic E-state index is 0.374. The maximum atomic E-state index is 10.9. The maximum absolute atomic E-state index is 10.9. The smallest absolute Gasteiger partial charge is 0.246 e. The van der Waals surface area contributed by atoms with Gasteiger partial charge in [0.15, 0.2) is 0 Å². The molecule has 0 radical (unpaired) electrons. The van der Waals surface area contributed by atoms with Crippen LogP contribution in [0.15, 0.2) is 24.3 Å². The molecular weight excluding hydrogens is 214 g/mol. The van der Waals surface area contributed by atoms with E-state index in [4.69, 9.17) is 22.1 Å². The lowest BCUT2D eigenvalue weighted by molar-refractivity contribution is -0.130. The van der Waals surface area contributed by atoms with Gasteiger partial charge in [-0.3, -0.25) is 4.79 Å². The standard InChI is InChI=1S/C11H14ClNO2/c1-2-10(11(13)14)15-7-8-3-5-9(12)6-4-8/h3-6,10H,2,7H2,1H3,(H2,13,14). The number of primary amides is 1. The molecule has 2 N–H and O–H groups in total. The molecule has 0 aliphatic carbocycles. The molecule has 15 heavy (non-hydrogen) atoms. The number of ether oxygens (including phenoxy) is 1. The zero-order chi connectivity index (χ0) is 11.3. The van der Waals surface area contributed by atoms with Crippen molar-refractivity contribution >= 4 is 17.5 Å². The van der Waals surface area contributed by atoms with Crippen LogP contribution in [0.4, 0.5) is 0 Å². The van der Waals surface area contributed by atoms with E-state index in [-0.39, 0.29) is 0 Å². The van der Waals surface area contributed by atoms with Gasteiger partial charge in [-0.05, 0) is 24.1 Å². The van der Waals surface area contributed by atoms with Gasteiger partial charge in [-0.2, -0.15) is 0 Å². The highest BCUT2D eigenvalue weighted by atomic mass is 35.5. The van der Waals surface area contributed by atoms with Gasteiger partial charge in [-0.1, -0.05) is 30.7 Å². The summed E-state index contributed by atoms with van der Waals surface area (Å²) >= 11 is 5.74. The highest BCUT2D eigenvalue weighted by molar-refractivity contribution is 6.30. The number of rotatable bonds is 5. The summed E-state index contributed by atoms with van der Waals surface area (Å²) in [7, 11) is 0. The largest absolute Gasteiger partial charge is 0.367 e. The zero-order valence-electron chi connectivity index (χ0n) is 8.57. The SMILES string of the molecule is CCC(OCc1ccc(Cl)cc1)C(N)=O. The molecule has 1 unspecified atom stereocenters. The van der Waals surface area contributed by atoms with Crippen LogP contribution in [0.1, 0.15) is 18.9 Å². The normalized spacial score (nSPS) is 12.4. The van der Waals surface area contributed by atoms with Crippen LogP contribution in [-0.2, 0) is 16.1 Å². The van der Waals surface area contributed by atoms with Crippen molar-refractivity contribution in [1.29, 1.82) is 0 Å². The van der Waals surface area contributed by atoms with Crippen LogP contribution in [0.25, 0.3) is 0 Å². The van der Waals surface area contributed by atoms with Gasteiger partial charge in [0.1, 0.15) is 6.10 Å². The van der Waals surface area contributed by atoms with Crippen molar-refractivity contribution in [2.24, 2.45) is 5.73 Å². The molecule has 0 aliphatic rings. The molecule has 0 fully saturated rings. The second-order valence-electron chi connectivity index (χ2n) is 3.24. The number of hydrogen-bond acceptors (Lipinski definition) is 2. The summed E-state index contributed by atoms with van der Waals surface area (Å²) in [5, 5.41) is 0.681. The number of carbonyl (C=O) groups excluding carboxylic acids is 1. The number of hydrogen-bond donors (Lipinski definition) is 1. The first kappa shape index (κ1) is 12.0. The van der Waals surface area contributed by atoms with Gasteiger partial charge in [0.25, 0.3) is 0 Å². The van der Waals surface area contributed by atoms with Crippen molar-refractivity contribution in [2.75, 3.05) is 0 Å².